The molecule has 0 saturated heterocycles. The van der Waals surface area contributed by atoms with E-state index in [2.05, 4.69) is 5.10 Å². The molecule has 1 aliphatic rings. The second kappa shape index (κ2) is 3.71. The highest BCUT2D eigenvalue weighted by Crippen LogP contribution is 2.34. The molecule has 0 saturated carbocycles. The van der Waals surface area contributed by atoms with Crippen molar-refractivity contribution in [3.05, 3.63) is 40.5 Å². The first-order chi connectivity index (χ1) is 7.75. The molecule has 1 aromatic carbocycles. The van der Waals surface area contributed by atoms with Gasteiger partial charge in [0.05, 0.1) is 11.4 Å². The molecule has 0 atom stereocenters. The number of nitrogen functional groups attached to an aromatic ring is 1. The molecule has 2 aromatic rings. The van der Waals surface area contributed by atoms with E-state index in [4.69, 9.17) is 17.3 Å². The third kappa shape index (κ3) is 1.49. The fourth-order valence-electron chi connectivity index (χ4n) is 1.81. The first kappa shape index (κ1) is 10.1. The molecule has 0 radical (unpaired) electrons. The predicted octanol–water partition coefficient (Wildman–Crippen LogP) is 2.85. The molecule has 0 unspecified atom stereocenters. The Bertz CT molecular complexity index is 533. The normalized spacial score (nSPS) is 14.1. The standard InChI is InChI=1S/C11H10ClN3S/c12-7-1-3-8(4-2-7)15-11(13)9-5-16-6-10(9)14-15/h1-4H,5-6,13H2. The smallest absolute Gasteiger partial charge is 0.131 e. The second-order valence-electron chi connectivity index (χ2n) is 3.69. The summed E-state index contributed by atoms with van der Waals surface area (Å²) < 4.78 is 1.79. The zero-order valence-electron chi connectivity index (χ0n) is 8.48. The molecule has 0 spiro atoms. The lowest BCUT2D eigenvalue weighted by Crippen LogP contribution is -2.02. The maximum Gasteiger partial charge on any atom is 0.131 e. The summed E-state index contributed by atoms with van der Waals surface area (Å²) in [5, 5.41) is 5.24. The van der Waals surface area contributed by atoms with Crippen LogP contribution in [0.25, 0.3) is 5.69 Å². The highest BCUT2D eigenvalue weighted by atomic mass is 35.5. The van der Waals surface area contributed by atoms with Gasteiger partial charge in [0.2, 0.25) is 0 Å². The van der Waals surface area contributed by atoms with Crippen molar-refractivity contribution in [1.82, 2.24) is 9.78 Å². The SMILES string of the molecule is Nc1c2c(nn1-c1ccc(Cl)cc1)CSC2. The Labute approximate surface area is 103 Å². The monoisotopic (exact) mass is 251 g/mol. The summed E-state index contributed by atoms with van der Waals surface area (Å²) in [5.74, 6) is 2.68. The summed E-state index contributed by atoms with van der Waals surface area (Å²) in [6.45, 7) is 0. The Morgan fingerprint density at radius 2 is 2.00 bits per heavy atom. The van der Waals surface area contributed by atoms with E-state index >= 15 is 0 Å². The van der Waals surface area contributed by atoms with Gasteiger partial charge in [0, 0.05) is 22.1 Å². The van der Waals surface area contributed by atoms with Crippen LogP contribution < -0.4 is 5.73 Å². The van der Waals surface area contributed by atoms with Crippen molar-refractivity contribution in [3.8, 4) is 5.69 Å². The van der Waals surface area contributed by atoms with Gasteiger partial charge in [-0.05, 0) is 24.3 Å². The number of nitrogens with zero attached hydrogens (tertiary/aromatic N) is 2. The molecular weight excluding hydrogens is 242 g/mol. The average Bonchev–Trinajstić information content (AvgIpc) is 2.84. The Hall–Kier alpha value is -1.13. The number of fused-ring (bicyclic) bond motifs is 1. The Balaban J connectivity index is 2.10. The zero-order chi connectivity index (χ0) is 11.1. The number of rotatable bonds is 1. The number of anilines is 1. The van der Waals surface area contributed by atoms with Crippen LogP contribution in [0, 0.1) is 0 Å². The van der Waals surface area contributed by atoms with E-state index in [1.165, 1.54) is 5.56 Å². The highest BCUT2D eigenvalue weighted by Gasteiger charge is 2.21. The van der Waals surface area contributed by atoms with E-state index in [1.807, 2.05) is 36.0 Å². The van der Waals surface area contributed by atoms with Crippen molar-refractivity contribution in [3.63, 3.8) is 0 Å². The minimum absolute atomic E-state index is 0.720. The first-order valence-corrected chi connectivity index (χ1v) is 6.49. The van der Waals surface area contributed by atoms with Gasteiger partial charge in [-0.2, -0.15) is 16.9 Å². The molecule has 0 bridgehead atoms. The molecule has 2 N–H and O–H groups in total. The number of hydrogen-bond acceptors (Lipinski definition) is 3. The second-order valence-corrected chi connectivity index (χ2v) is 5.11. The third-order valence-corrected chi connectivity index (χ3v) is 3.89. The molecule has 5 heteroatoms. The van der Waals surface area contributed by atoms with Gasteiger partial charge in [-0.1, -0.05) is 11.6 Å². The average molecular weight is 252 g/mol. The van der Waals surface area contributed by atoms with Gasteiger partial charge in [0.1, 0.15) is 5.82 Å². The highest BCUT2D eigenvalue weighted by molar-refractivity contribution is 7.98. The quantitative estimate of drug-likeness (QED) is 0.848. The van der Waals surface area contributed by atoms with Crippen molar-refractivity contribution in [1.29, 1.82) is 0 Å². The zero-order valence-corrected chi connectivity index (χ0v) is 10.1. The lowest BCUT2D eigenvalue weighted by molar-refractivity contribution is 0.869. The van der Waals surface area contributed by atoms with E-state index < -0.39 is 0 Å². The number of thioether (sulfide) groups is 1. The number of nitrogens with two attached hydrogens (primary N) is 1. The Morgan fingerprint density at radius 1 is 1.25 bits per heavy atom. The number of benzene rings is 1. The van der Waals surface area contributed by atoms with E-state index in [-0.39, 0.29) is 0 Å². The molecule has 16 heavy (non-hydrogen) atoms. The van der Waals surface area contributed by atoms with Gasteiger partial charge in [-0.25, -0.2) is 4.68 Å². The number of aromatic nitrogens is 2. The molecule has 2 heterocycles. The topological polar surface area (TPSA) is 43.8 Å². The van der Waals surface area contributed by atoms with Crippen LogP contribution in [0.15, 0.2) is 24.3 Å². The summed E-state index contributed by atoms with van der Waals surface area (Å²) in [5.41, 5.74) is 9.33. The number of halogens is 1. The van der Waals surface area contributed by atoms with Crippen LogP contribution in [-0.4, -0.2) is 9.78 Å². The summed E-state index contributed by atoms with van der Waals surface area (Å²) in [6, 6.07) is 7.54. The van der Waals surface area contributed by atoms with Crippen molar-refractivity contribution in [2.75, 3.05) is 5.73 Å². The van der Waals surface area contributed by atoms with Crippen molar-refractivity contribution < 1.29 is 0 Å². The van der Waals surface area contributed by atoms with Crippen LogP contribution in [0.4, 0.5) is 5.82 Å². The van der Waals surface area contributed by atoms with Crippen molar-refractivity contribution in [2.24, 2.45) is 0 Å². The summed E-state index contributed by atoms with van der Waals surface area (Å²) in [7, 11) is 0. The lowest BCUT2D eigenvalue weighted by atomic mass is 10.3. The lowest BCUT2D eigenvalue weighted by Gasteiger charge is -2.05. The van der Waals surface area contributed by atoms with E-state index in [1.54, 1.807) is 4.68 Å². The maximum atomic E-state index is 6.08. The van der Waals surface area contributed by atoms with E-state index in [9.17, 15) is 0 Å². The molecule has 3 nitrogen and oxygen atoms in total. The molecule has 0 fully saturated rings. The molecule has 1 aliphatic heterocycles. The maximum absolute atomic E-state index is 6.08. The molecular formula is C11H10ClN3S. The van der Waals surface area contributed by atoms with Gasteiger partial charge >= 0.3 is 0 Å². The van der Waals surface area contributed by atoms with Crippen molar-refractivity contribution >= 4 is 29.2 Å². The Morgan fingerprint density at radius 3 is 2.69 bits per heavy atom. The van der Waals surface area contributed by atoms with Crippen LogP contribution in [0.5, 0.6) is 0 Å². The Kier molecular flexibility index (Phi) is 2.33. The fourth-order valence-corrected chi connectivity index (χ4v) is 2.98. The van der Waals surface area contributed by atoms with Gasteiger partial charge in [-0.15, -0.1) is 0 Å². The van der Waals surface area contributed by atoms with Gasteiger partial charge in [0.25, 0.3) is 0 Å². The summed E-state index contributed by atoms with van der Waals surface area (Å²) in [4.78, 5) is 0. The van der Waals surface area contributed by atoms with E-state index in [0.29, 0.717) is 0 Å². The van der Waals surface area contributed by atoms with Crippen LogP contribution in [0.1, 0.15) is 11.3 Å². The predicted molar refractivity (Wildman–Crippen MR) is 68.0 cm³/mol. The van der Waals surface area contributed by atoms with E-state index in [0.717, 1.165) is 33.7 Å². The largest absolute Gasteiger partial charge is 0.383 e. The third-order valence-electron chi connectivity index (χ3n) is 2.66. The van der Waals surface area contributed by atoms with Gasteiger partial charge in [0.15, 0.2) is 0 Å². The molecule has 3 rings (SSSR count). The van der Waals surface area contributed by atoms with Gasteiger partial charge < -0.3 is 5.73 Å². The molecule has 0 aliphatic carbocycles. The van der Waals surface area contributed by atoms with Gasteiger partial charge in [-0.3, -0.25) is 0 Å². The first-order valence-electron chi connectivity index (χ1n) is 4.95. The molecule has 1 aromatic heterocycles. The minimum Gasteiger partial charge on any atom is -0.383 e. The molecule has 0 amide bonds. The summed E-state index contributed by atoms with van der Waals surface area (Å²) in [6.07, 6.45) is 0. The van der Waals surface area contributed by atoms with Crippen molar-refractivity contribution in [2.45, 2.75) is 11.5 Å². The minimum atomic E-state index is 0.720. The van der Waals surface area contributed by atoms with Crippen LogP contribution in [-0.2, 0) is 11.5 Å². The fraction of sp³-hybridized carbons (Fsp3) is 0.182. The van der Waals surface area contributed by atoms with Crippen LogP contribution in [0.3, 0.4) is 0 Å². The van der Waals surface area contributed by atoms with Crippen LogP contribution in [0.2, 0.25) is 5.02 Å². The van der Waals surface area contributed by atoms with Crippen LogP contribution >= 0.6 is 23.4 Å². The number of hydrogen-bond donors (Lipinski definition) is 1. The summed E-state index contributed by atoms with van der Waals surface area (Å²) >= 11 is 7.70. The molecule has 82 valence electrons.